The van der Waals surface area contributed by atoms with Crippen LogP contribution in [0.2, 0.25) is 0 Å². The fraction of sp³-hybridized carbons (Fsp3) is 0.545. The molecule has 1 N–H and O–H groups in total. The van der Waals surface area contributed by atoms with Crippen LogP contribution in [0.25, 0.3) is 0 Å². The minimum absolute atomic E-state index is 0.322. The van der Waals surface area contributed by atoms with Gasteiger partial charge in [0.1, 0.15) is 23.3 Å². The zero-order chi connectivity index (χ0) is 20.2. The molecule has 29 heavy (non-hydrogen) atoms. The number of nitrogens with one attached hydrogen (secondary N) is 1. The molecule has 1 amide bonds. The number of aromatic nitrogens is 3. The summed E-state index contributed by atoms with van der Waals surface area (Å²) in [7, 11) is 0. The van der Waals surface area contributed by atoms with Gasteiger partial charge in [-0.3, -0.25) is 4.79 Å². The van der Waals surface area contributed by atoms with E-state index in [0.717, 1.165) is 61.4 Å². The fourth-order valence-electron chi connectivity index (χ4n) is 4.29. The molecule has 2 aromatic heterocycles. The Morgan fingerprint density at radius 2 is 1.83 bits per heavy atom. The van der Waals surface area contributed by atoms with Crippen LogP contribution in [0, 0.1) is 19.8 Å². The van der Waals surface area contributed by atoms with E-state index in [4.69, 9.17) is 0 Å². The highest BCUT2D eigenvalue weighted by Crippen LogP contribution is 2.28. The average Bonchev–Trinajstić information content (AvgIpc) is 3.21. The molecule has 1 aliphatic heterocycles. The van der Waals surface area contributed by atoms with Gasteiger partial charge in [-0.1, -0.05) is 12.8 Å². The number of carbonyl (C=O) groups excluding carboxylic acids is 1. The van der Waals surface area contributed by atoms with Gasteiger partial charge >= 0.3 is 0 Å². The van der Waals surface area contributed by atoms with Crippen molar-refractivity contribution in [1.29, 1.82) is 0 Å². The third-order valence-electron chi connectivity index (χ3n) is 5.89. The monoisotopic (exact) mass is 394 g/mol. The van der Waals surface area contributed by atoms with Crippen molar-refractivity contribution in [2.24, 2.45) is 5.92 Å². The minimum Gasteiger partial charge on any atom is -0.353 e. The van der Waals surface area contributed by atoms with E-state index in [0.29, 0.717) is 11.8 Å². The molecule has 3 heterocycles. The molecule has 0 aromatic carbocycles. The van der Waals surface area contributed by atoms with E-state index in [1.807, 2.05) is 36.9 Å². The molecule has 154 valence electrons. The molecule has 2 aliphatic rings. The van der Waals surface area contributed by atoms with Crippen LogP contribution in [0.5, 0.6) is 0 Å². The first-order valence-corrected chi connectivity index (χ1v) is 10.6. The third-order valence-corrected chi connectivity index (χ3v) is 5.89. The number of anilines is 3. The Hall–Kier alpha value is -2.70. The molecule has 7 nitrogen and oxygen atoms in total. The molecule has 1 aliphatic carbocycles. The Balaban J connectivity index is 1.37. The van der Waals surface area contributed by atoms with Crippen molar-refractivity contribution in [1.82, 2.24) is 19.9 Å². The number of rotatable bonds is 5. The molecule has 0 radical (unpaired) electrons. The Kier molecular flexibility index (Phi) is 5.92. The topological polar surface area (TPSA) is 74.2 Å². The first kappa shape index (κ1) is 19.6. The second kappa shape index (κ2) is 8.76. The van der Waals surface area contributed by atoms with Gasteiger partial charge in [-0.05, 0) is 50.3 Å². The highest BCUT2D eigenvalue weighted by atomic mass is 16.2. The summed E-state index contributed by atoms with van der Waals surface area (Å²) >= 11 is 0. The smallest absolute Gasteiger partial charge is 0.222 e. The second-order valence-corrected chi connectivity index (χ2v) is 8.22. The van der Waals surface area contributed by atoms with Crippen LogP contribution >= 0.6 is 0 Å². The Bertz CT molecular complexity index is 856. The van der Waals surface area contributed by atoms with Gasteiger partial charge in [0.05, 0.1) is 0 Å². The summed E-state index contributed by atoms with van der Waals surface area (Å²) in [5.41, 5.74) is 1.15. The van der Waals surface area contributed by atoms with E-state index >= 15 is 0 Å². The molecular formula is C22H30N6O. The lowest BCUT2D eigenvalue weighted by atomic mass is 10.0. The Morgan fingerprint density at radius 3 is 2.55 bits per heavy atom. The molecule has 0 bridgehead atoms. The minimum atomic E-state index is 0.322. The van der Waals surface area contributed by atoms with Gasteiger partial charge in [0, 0.05) is 44.9 Å². The van der Waals surface area contributed by atoms with Gasteiger partial charge in [0.2, 0.25) is 5.91 Å². The van der Waals surface area contributed by atoms with Gasteiger partial charge in [0.15, 0.2) is 0 Å². The van der Waals surface area contributed by atoms with Gasteiger partial charge in [-0.25, -0.2) is 15.0 Å². The zero-order valence-corrected chi connectivity index (χ0v) is 17.4. The van der Waals surface area contributed by atoms with Crippen LogP contribution in [-0.4, -0.2) is 51.9 Å². The molecule has 7 heteroatoms. The van der Waals surface area contributed by atoms with E-state index < -0.39 is 0 Å². The Labute approximate surface area is 172 Å². The van der Waals surface area contributed by atoms with Gasteiger partial charge in [-0.15, -0.1) is 0 Å². The maximum absolute atomic E-state index is 12.6. The lowest BCUT2D eigenvalue weighted by Gasteiger charge is -2.36. The summed E-state index contributed by atoms with van der Waals surface area (Å²) in [5.74, 6) is 4.06. The van der Waals surface area contributed by atoms with Gasteiger partial charge in [0.25, 0.3) is 0 Å². The lowest BCUT2D eigenvalue weighted by molar-refractivity contribution is -0.132. The number of aryl methyl sites for hydroxylation is 2. The van der Waals surface area contributed by atoms with Gasteiger partial charge in [-0.2, -0.15) is 0 Å². The highest BCUT2D eigenvalue weighted by molar-refractivity contribution is 5.76. The van der Waals surface area contributed by atoms with E-state index in [1.54, 1.807) is 6.20 Å². The first-order chi connectivity index (χ1) is 14.1. The number of pyridine rings is 1. The van der Waals surface area contributed by atoms with Crippen LogP contribution in [0.15, 0.2) is 24.4 Å². The quantitative estimate of drug-likeness (QED) is 0.837. The van der Waals surface area contributed by atoms with E-state index in [2.05, 4.69) is 25.2 Å². The van der Waals surface area contributed by atoms with Crippen molar-refractivity contribution in [2.45, 2.75) is 46.0 Å². The number of piperazine rings is 1. The molecule has 2 aromatic rings. The maximum atomic E-state index is 12.6. The SMILES string of the molecule is Cc1ccnc(Nc2cc(N3CCN(C(=O)CC4CCCC4)CC3)nc(C)n2)c1. The number of amides is 1. The van der Waals surface area contributed by atoms with E-state index in [-0.39, 0.29) is 0 Å². The molecule has 0 unspecified atom stereocenters. The van der Waals surface area contributed by atoms with Crippen molar-refractivity contribution in [3.05, 3.63) is 35.8 Å². The van der Waals surface area contributed by atoms with Crippen LogP contribution in [0.3, 0.4) is 0 Å². The summed E-state index contributed by atoms with van der Waals surface area (Å²) in [5, 5.41) is 3.28. The van der Waals surface area contributed by atoms with Crippen molar-refractivity contribution in [2.75, 3.05) is 36.4 Å². The zero-order valence-electron chi connectivity index (χ0n) is 17.4. The molecule has 4 rings (SSSR count). The van der Waals surface area contributed by atoms with Crippen LogP contribution in [0.4, 0.5) is 17.5 Å². The number of nitrogens with zero attached hydrogens (tertiary/aromatic N) is 5. The molecular weight excluding hydrogens is 364 g/mol. The largest absolute Gasteiger partial charge is 0.353 e. The van der Waals surface area contributed by atoms with Crippen LogP contribution in [0.1, 0.15) is 43.5 Å². The number of hydrogen-bond acceptors (Lipinski definition) is 6. The summed E-state index contributed by atoms with van der Waals surface area (Å²) in [6.45, 7) is 7.06. The lowest BCUT2D eigenvalue weighted by Crippen LogP contribution is -2.49. The standard InChI is InChI=1S/C22H30N6O/c1-16-7-8-23-19(13-16)26-20-15-21(25-17(2)24-20)27-9-11-28(12-10-27)22(29)14-18-5-3-4-6-18/h7-8,13,15,18H,3-6,9-12,14H2,1-2H3,(H,23,24,25,26). The number of hydrogen-bond donors (Lipinski definition) is 1. The average molecular weight is 395 g/mol. The fourth-order valence-corrected chi connectivity index (χ4v) is 4.29. The second-order valence-electron chi connectivity index (χ2n) is 8.22. The van der Waals surface area contributed by atoms with Gasteiger partial charge < -0.3 is 15.1 Å². The number of carbonyl (C=O) groups is 1. The van der Waals surface area contributed by atoms with Crippen molar-refractivity contribution in [3.8, 4) is 0 Å². The third kappa shape index (κ3) is 5.02. The molecule has 1 saturated heterocycles. The molecule has 0 atom stereocenters. The van der Waals surface area contributed by atoms with Crippen LogP contribution in [-0.2, 0) is 4.79 Å². The van der Waals surface area contributed by atoms with Crippen molar-refractivity contribution >= 4 is 23.4 Å². The highest BCUT2D eigenvalue weighted by Gasteiger charge is 2.25. The predicted octanol–water partition coefficient (Wildman–Crippen LogP) is 3.46. The molecule has 1 saturated carbocycles. The first-order valence-electron chi connectivity index (χ1n) is 10.6. The maximum Gasteiger partial charge on any atom is 0.222 e. The predicted molar refractivity (Wildman–Crippen MR) is 114 cm³/mol. The van der Waals surface area contributed by atoms with E-state index in [1.165, 1.54) is 25.7 Å². The van der Waals surface area contributed by atoms with Crippen LogP contribution < -0.4 is 10.2 Å². The van der Waals surface area contributed by atoms with Crippen molar-refractivity contribution < 1.29 is 4.79 Å². The summed E-state index contributed by atoms with van der Waals surface area (Å²) < 4.78 is 0. The molecule has 0 spiro atoms. The van der Waals surface area contributed by atoms with Crippen molar-refractivity contribution in [3.63, 3.8) is 0 Å². The summed E-state index contributed by atoms with van der Waals surface area (Å²) in [6.07, 6.45) is 7.52. The van der Waals surface area contributed by atoms with E-state index in [9.17, 15) is 4.79 Å². The summed E-state index contributed by atoms with van der Waals surface area (Å²) in [6, 6.07) is 5.92. The Morgan fingerprint density at radius 1 is 1.07 bits per heavy atom. The molecule has 2 fully saturated rings. The summed E-state index contributed by atoms with van der Waals surface area (Å²) in [4.78, 5) is 30.3. The normalized spacial score (nSPS) is 17.6.